The Balaban J connectivity index is 1.84. The number of nitrogens with zero attached hydrogens (tertiary/aromatic N) is 3. The summed E-state index contributed by atoms with van der Waals surface area (Å²) in [6.07, 6.45) is 4.03. The molecule has 0 radical (unpaired) electrons. The lowest BCUT2D eigenvalue weighted by atomic mass is 9.98. The summed E-state index contributed by atoms with van der Waals surface area (Å²) in [5.41, 5.74) is 3.07. The first-order chi connectivity index (χ1) is 12.6. The third-order valence-corrected chi connectivity index (χ3v) is 4.65. The average Bonchev–Trinajstić information content (AvgIpc) is 2.67. The molecular weight excluding hydrogens is 330 g/mol. The van der Waals surface area contributed by atoms with E-state index in [9.17, 15) is 9.59 Å². The van der Waals surface area contributed by atoms with Crippen LogP contribution in [0, 0.1) is 0 Å². The molecule has 0 unspecified atom stereocenters. The van der Waals surface area contributed by atoms with Crippen molar-refractivity contribution in [1.29, 1.82) is 0 Å². The Morgan fingerprint density at radius 2 is 2.04 bits per heavy atom. The zero-order valence-electron chi connectivity index (χ0n) is 15.1. The van der Waals surface area contributed by atoms with E-state index < -0.39 is 6.04 Å². The lowest BCUT2D eigenvalue weighted by molar-refractivity contribution is -0.152. The van der Waals surface area contributed by atoms with Crippen LogP contribution in [0.15, 0.2) is 48.8 Å². The molecule has 0 N–H and O–H groups in total. The Morgan fingerprint density at radius 1 is 1.23 bits per heavy atom. The van der Waals surface area contributed by atoms with Crippen molar-refractivity contribution in [2.75, 3.05) is 33.9 Å². The summed E-state index contributed by atoms with van der Waals surface area (Å²) in [5.74, 6) is -0.185. The summed E-state index contributed by atoms with van der Waals surface area (Å²) in [4.78, 5) is 32.5. The Bertz CT molecular complexity index is 779. The van der Waals surface area contributed by atoms with E-state index in [0.29, 0.717) is 19.5 Å². The average molecular weight is 353 g/mol. The minimum absolute atomic E-state index is 0.0107. The minimum Gasteiger partial charge on any atom is -0.375 e. The molecule has 0 aliphatic carbocycles. The fraction of sp³-hybridized carbons (Fsp3) is 0.350. The van der Waals surface area contributed by atoms with Gasteiger partial charge in [0.2, 0.25) is 11.8 Å². The first kappa shape index (κ1) is 18.1. The number of rotatable bonds is 5. The van der Waals surface area contributed by atoms with Gasteiger partial charge in [-0.15, -0.1) is 0 Å². The summed E-state index contributed by atoms with van der Waals surface area (Å²) in [6, 6.07) is 11.4. The van der Waals surface area contributed by atoms with Crippen molar-refractivity contribution in [1.82, 2.24) is 14.8 Å². The van der Waals surface area contributed by atoms with Crippen molar-refractivity contribution >= 4 is 11.8 Å². The van der Waals surface area contributed by atoms with Crippen molar-refractivity contribution in [3.8, 4) is 11.1 Å². The van der Waals surface area contributed by atoms with Crippen LogP contribution >= 0.6 is 0 Å². The molecule has 0 bridgehead atoms. The topological polar surface area (TPSA) is 62.7 Å². The first-order valence-corrected chi connectivity index (χ1v) is 8.63. The lowest BCUT2D eigenvalue weighted by Crippen LogP contribution is -2.59. The van der Waals surface area contributed by atoms with Gasteiger partial charge in [0.25, 0.3) is 0 Å². The summed E-state index contributed by atoms with van der Waals surface area (Å²) in [5, 5.41) is 0. The van der Waals surface area contributed by atoms with Crippen LogP contribution in [0.3, 0.4) is 0 Å². The number of piperazine rings is 1. The predicted molar refractivity (Wildman–Crippen MR) is 98.4 cm³/mol. The second-order valence-corrected chi connectivity index (χ2v) is 6.44. The summed E-state index contributed by atoms with van der Waals surface area (Å²) in [7, 11) is 3.27. The van der Waals surface area contributed by atoms with Gasteiger partial charge in [0.1, 0.15) is 12.6 Å². The van der Waals surface area contributed by atoms with E-state index >= 15 is 0 Å². The highest BCUT2D eigenvalue weighted by molar-refractivity contribution is 5.89. The zero-order chi connectivity index (χ0) is 18.5. The van der Waals surface area contributed by atoms with E-state index in [4.69, 9.17) is 4.74 Å². The van der Waals surface area contributed by atoms with Crippen molar-refractivity contribution < 1.29 is 14.3 Å². The molecule has 6 heteroatoms. The third kappa shape index (κ3) is 3.91. The van der Waals surface area contributed by atoms with Gasteiger partial charge in [0, 0.05) is 46.1 Å². The summed E-state index contributed by atoms with van der Waals surface area (Å²) < 4.78 is 4.97. The molecule has 1 aliphatic rings. The molecule has 1 fully saturated rings. The van der Waals surface area contributed by atoms with E-state index in [1.165, 1.54) is 7.11 Å². The maximum atomic E-state index is 12.7. The Morgan fingerprint density at radius 3 is 2.77 bits per heavy atom. The van der Waals surface area contributed by atoms with Crippen molar-refractivity contribution in [3.63, 3.8) is 0 Å². The Labute approximate surface area is 153 Å². The normalized spacial score (nSPS) is 17.5. The van der Waals surface area contributed by atoms with Gasteiger partial charge in [-0.1, -0.05) is 30.3 Å². The first-order valence-electron chi connectivity index (χ1n) is 8.63. The van der Waals surface area contributed by atoms with Crippen molar-refractivity contribution in [3.05, 3.63) is 54.4 Å². The third-order valence-electron chi connectivity index (χ3n) is 4.65. The maximum Gasteiger partial charge on any atom is 0.249 e. The summed E-state index contributed by atoms with van der Waals surface area (Å²) >= 11 is 0. The van der Waals surface area contributed by atoms with Gasteiger partial charge in [-0.25, -0.2) is 0 Å². The van der Waals surface area contributed by atoms with Crippen LogP contribution in [-0.4, -0.2) is 66.5 Å². The molecule has 2 heterocycles. The van der Waals surface area contributed by atoms with E-state index in [2.05, 4.69) is 11.1 Å². The number of methoxy groups -OCH3 is 1. The number of hydrogen-bond acceptors (Lipinski definition) is 4. The molecule has 136 valence electrons. The van der Waals surface area contributed by atoms with Crippen LogP contribution in [0.1, 0.15) is 5.56 Å². The number of hydrogen-bond donors (Lipinski definition) is 0. The van der Waals surface area contributed by atoms with Crippen molar-refractivity contribution in [2.24, 2.45) is 0 Å². The number of likely N-dealkylation sites (N-methyl/N-ethyl adjacent to an activating group) is 1. The minimum atomic E-state index is -0.499. The molecule has 1 aromatic carbocycles. The molecule has 1 saturated heterocycles. The maximum absolute atomic E-state index is 12.7. The van der Waals surface area contributed by atoms with Gasteiger partial charge in [-0.2, -0.15) is 0 Å². The van der Waals surface area contributed by atoms with E-state index in [1.807, 2.05) is 36.5 Å². The fourth-order valence-electron chi connectivity index (χ4n) is 3.25. The van der Waals surface area contributed by atoms with E-state index in [-0.39, 0.29) is 18.4 Å². The van der Waals surface area contributed by atoms with Crippen LogP contribution < -0.4 is 0 Å². The Kier molecular flexibility index (Phi) is 5.63. The van der Waals surface area contributed by atoms with Gasteiger partial charge in [0.15, 0.2) is 0 Å². The zero-order valence-corrected chi connectivity index (χ0v) is 15.1. The fourth-order valence-corrected chi connectivity index (χ4v) is 3.25. The molecule has 2 amide bonds. The molecule has 26 heavy (non-hydrogen) atoms. The van der Waals surface area contributed by atoms with Crippen LogP contribution in [0.4, 0.5) is 0 Å². The number of pyridine rings is 1. The summed E-state index contributed by atoms with van der Waals surface area (Å²) in [6.45, 7) is 1.06. The van der Waals surface area contributed by atoms with Crippen LogP contribution in [0.25, 0.3) is 11.1 Å². The number of benzene rings is 1. The second kappa shape index (κ2) is 8.10. The number of carbonyl (C=O) groups is 2. The second-order valence-electron chi connectivity index (χ2n) is 6.44. The molecular formula is C20H23N3O3. The van der Waals surface area contributed by atoms with Gasteiger partial charge in [-0.05, 0) is 22.8 Å². The number of amides is 2. The molecule has 1 aliphatic heterocycles. The highest BCUT2D eigenvalue weighted by Gasteiger charge is 2.35. The molecule has 3 rings (SSSR count). The van der Waals surface area contributed by atoms with Crippen LogP contribution in [0.2, 0.25) is 0 Å². The van der Waals surface area contributed by atoms with Gasteiger partial charge >= 0.3 is 0 Å². The molecule has 2 aromatic rings. The highest BCUT2D eigenvalue weighted by atomic mass is 16.5. The van der Waals surface area contributed by atoms with Gasteiger partial charge in [0.05, 0.1) is 0 Å². The molecule has 1 atom stereocenters. The van der Waals surface area contributed by atoms with Crippen molar-refractivity contribution in [2.45, 2.75) is 12.5 Å². The number of aromatic nitrogens is 1. The van der Waals surface area contributed by atoms with Crippen LogP contribution in [-0.2, 0) is 20.7 Å². The standard InChI is InChI=1S/C20H23N3O3/c1-22-9-10-23(19(24)14-26-2)18(20(22)25)12-15-5-3-6-16(11-15)17-7-4-8-21-13-17/h3-8,11,13,18H,9-10,12,14H2,1-2H3/t18-/m1/s1. The monoisotopic (exact) mass is 353 g/mol. The number of carbonyl (C=O) groups excluding carboxylic acids is 2. The quantitative estimate of drug-likeness (QED) is 0.819. The largest absolute Gasteiger partial charge is 0.375 e. The molecule has 0 spiro atoms. The SMILES string of the molecule is COCC(=O)N1CCN(C)C(=O)[C@H]1Cc1cccc(-c2cccnc2)c1. The molecule has 0 saturated carbocycles. The van der Waals surface area contributed by atoms with Gasteiger partial charge in [-0.3, -0.25) is 14.6 Å². The molecule has 6 nitrogen and oxygen atoms in total. The Hall–Kier alpha value is -2.73. The van der Waals surface area contributed by atoms with Gasteiger partial charge < -0.3 is 14.5 Å². The van der Waals surface area contributed by atoms with Crippen LogP contribution in [0.5, 0.6) is 0 Å². The van der Waals surface area contributed by atoms with E-state index in [0.717, 1.165) is 16.7 Å². The highest BCUT2D eigenvalue weighted by Crippen LogP contribution is 2.22. The smallest absolute Gasteiger partial charge is 0.249 e. The molecule has 1 aromatic heterocycles. The number of ether oxygens (including phenoxy) is 1. The lowest BCUT2D eigenvalue weighted by Gasteiger charge is -2.39. The predicted octanol–water partition coefficient (Wildman–Crippen LogP) is 1.61. The van der Waals surface area contributed by atoms with E-state index in [1.54, 1.807) is 23.0 Å².